The summed E-state index contributed by atoms with van der Waals surface area (Å²) in [6.45, 7) is 2.65. The summed E-state index contributed by atoms with van der Waals surface area (Å²) >= 11 is 0. The fourth-order valence-electron chi connectivity index (χ4n) is 1.26. The summed E-state index contributed by atoms with van der Waals surface area (Å²) in [5, 5.41) is 2.42. The SMILES string of the molecule is CC(=O)Nc1ccc(C(F)(F)F)c(C)c1. The van der Waals surface area contributed by atoms with Crippen LogP contribution in [0.3, 0.4) is 0 Å². The van der Waals surface area contributed by atoms with Crippen LogP contribution < -0.4 is 5.32 Å². The third-order valence-electron chi connectivity index (χ3n) is 1.85. The molecule has 0 aliphatic heterocycles. The predicted molar refractivity (Wildman–Crippen MR) is 50.5 cm³/mol. The van der Waals surface area contributed by atoms with Gasteiger partial charge in [0.2, 0.25) is 5.91 Å². The van der Waals surface area contributed by atoms with E-state index >= 15 is 0 Å². The standard InChI is InChI=1S/C10H10F3NO/c1-6-5-8(14-7(2)15)3-4-9(6)10(11,12)13/h3-5H,1-2H3,(H,14,15). The van der Waals surface area contributed by atoms with E-state index in [-0.39, 0.29) is 11.5 Å². The van der Waals surface area contributed by atoms with Crippen molar-refractivity contribution in [3.05, 3.63) is 29.3 Å². The zero-order valence-corrected chi connectivity index (χ0v) is 8.27. The monoisotopic (exact) mass is 217 g/mol. The van der Waals surface area contributed by atoms with E-state index in [1.165, 1.54) is 26.0 Å². The Morgan fingerprint density at radius 3 is 2.33 bits per heavy atom. The second-order valence-corrected chi connectivity index (χ2v) is 3.21. The number of rotatable bonds is 1. The number of amides is 1. The lowest BCUT2D eigenvalue weighted by Gasteiger charge is -2.11. The fraction of sp³-hybridized carbons (Fsp3) is 0.300. The second kappa shape index (κ2) is 3.92. The maximum absolute atomic E-state index is 12.4. The first-order valence-corrected chi connectivity index (χ1v) is 4.26. The number of hydrogen-bond donors (Lipinski definition) is 1. The van der Waals surface area contributed by atoms with Gasteiger partial charge in [0.1, 0.15) is 0 Å². The van der Waals surface area contributed by atoms with Crippen LogP contribution in [0.15, 0.2) is 18.2 Å². The van der Waals surface area contributed by atoms with Crippen molar-refractivity contribution in [2.24, 2.45) is 0 Å². The predicted octanol–water partition coefficient (Wildman–Crippen LogP) is 2.97. The van der Waals surface area contributed by atoms with Crippen molar-refractivity contribution in [2.75, 3.05) is 5.32 Å². The van der Waals surface area contributed by atoms with Gasteiger partial charge in [-0.2, -0.15) is 13.2 Å². The van der Waals surface area contributed by atoms with Crippen LogP contribution in [-0.2, 0) is 11.0 Å². The average Bonchev–Trinajstić information content (AvgIpc) is 1.99. The first kappa shape index (κ1) is 11.6. The Morgan fingerprint density at radius 2 is 1.93 bits per heavy atom. The molecule has 0 atom stereocenters. The Bertz CT molecular complexity index is 385. The maximum atomic E-state index is 12.4. The number of aryl methyl sites for hydroxylation is 1. The molecule has 1 rings (SSSR count). The van der Waals surface area contributed by atoms with E-state index in [0.717, 1.165) is 6.07 Å². The Balaban J connectivity index is 3.04. The van der Waals surface area contributed by atoms with Gasteiger partial charge in [-0.1, -0.05) is 0 Å². The highest BCUT2D eigenvalue weighted by atomic mass is 19.4. The highest BCUT2D eigenvalue weighted by molar-refractivity contribution is 5.88. The van der Waals surface area contributed by atoms with Crippen molar-refractivity contribution >= 4 is 11.6 Å². The van der Waals surface area contributed by atoms with Crippen molar-refractivity contribution in [1.82, 2.24) is 0 Å². The van der Waals surface area contributed by atoms with Gasteiger partial charge < -0.3 is 5.32 Å². The number of halogens is 3. The van der Waals surface area contributed by atoms with Gasteiger partial charge in [0, 0.05) is 12.6 Å². The molecule has 0 aromatic heterocycles. The van der Waals surface area contributed by atoms with E-state index in [0.29, 0.717) is 5.69 Å². The third kappa shape index (κ3) is 2.97. The van der Waals surface area contributed by atoms with E-state index in [9.17, 15) is 18.0 Å². The van der Waals surface area contributed by atoms with E-state index in [2.05, 4.69) is 5.32 Å². The molecule has 0 bridgehead atoms. The fourth-order valence-corrected chi connectivity index (χ4v) is 1.26. The van der Waals surface area contributed by atoms with Crippen molar-refractivity contribution in [3.8, 4) is 0 Å². The Kier molecular flexibility index (Phi) is 3.02. The summed E-state index contributed by atoms with van der Waals surface area (Å²) in [6.07, 6.45) is -4.35. The number of benzene rings is 1. The van der Waals surface area contributed by atoms with E-state index in [1.54, 1.807) is 0 Å². The van der Waals surface area contributed by atoms with Crippen LogP contribution in [0.25, 0.3) is 0 Å². The molecule has 0 aliphatic rings. The van der Waals surface area contributed by atoms with Gasteiger partial charge in [0.05, 0.1) is 5.56 Å². The first-order chi connectivity index (χ1) is 6.80. The molecule has 2 nitrogen and oxygen atoms in total. The molecule has 0 fully saturated rings. The highest BCUT2D eigenvalue weighted by Crippen LogP contribution is 2.32. The van der Waals surface area contributed by atoms with Gasteiger partial charge in [0.15, 0.2) is 0 Å². The van der Waals surface area contributed by atoms with Crippen LogP contribution in [0.5, 0.6) is 0 Å². The van der Waals surface area contributed by atoms with Gasteiger partial charge in [0.25, 0.3) is 0 Å². The molecule has 15 heavy (non-hydrogen) atoms. The molecule has 5 heteroatoms. The molecular formula is C10H10F3NO. The molecule has 0 heterocycles. The molecule has 82 valence electrons. The van der Waals surface area contributed by atoms with Gasteiger partial charge in [-0.3, -0.25) is 4.79 Å². The summed E-state index contributed by atoms with van der Waals surface area (Å²) in [5.74, 6) is -0.311. The zero-order valence-electron chi connectivity index (χ0n) is 8.27. The second-order valence-electron chi connectivity index (χ2n) is 3.21. The van der Waals surface area contributed by atoms with Crippen molar-refractivity contribution in [2.45, 2.75) is 20.0 Å². The number of carbonyl (C=O) groups excluding carboxylic acids is 1. The van der Waals surface area contributed by atoms with Gasteiger partial charge >= 0.3 is 6.18 Å². The molecule has 0 spiro atoms. The maximum Gasteiger partial charge on any atom is 0.416 e. The molecule has 0 saturated heterocycles. The van der Waals surface area contributed by atoms with Crippen LogP contribution in [-0.4, -0.2) is 5.91 Å². The Hall–Kier alpha value is -1.52. The van der Waals surface area contributed by atoms with Gasteiger partial charge in [-0.15, -0.1) is 0 Å². The van der Waals surface area contributed by atoms with Crippen molar-refractivity contribution in [1.29, 1.82) is 0 Å². The molecule has 0 unspecified atom stereocenters. The number of carbonyl (C=O) groups is 1. The van der Waals surface area contributed by atoms with Crippen molar-refractivity contribution < 1.29 is 18.0 Å². The topological polar surface area (TPSA) is 29.1 Å². The van der Waals surface area contributed by atoms with Crippen LogP contribution in [0, 0.1) is 6.92 Å². The molecule has 1 amide bonds. The minimum absolute atomic E-state index is 0.0914. The third-order valence-corrected chi connectivity index (χ3v) is 1.85. The van der Waals surface area contributed by atoms with Crippen LogP contribution in [0.4, 0.5) is 18.9 Å². The number of anilines is 1. The van der Waals surface area contributed by atoms with Gasteiger partial charge in [-0.05, 0) is 30.7 Å². The molecule has 1 N–H and O–H groups in total. The smallest absolute Gasteiger partial charge is 0.326 e. The summed E-state index contributed by atoms with van der Waals surface area (Å²) in [4.78, 5) is 10.7. The van der Waals surface area contributed by atoms with E-state index in [1.807, 2.05) is 0 Å². The van der Waals surface area contributed by atoms with Crippen LogP contribution in [0.2, 0.25) is 0 Å². The van der Waals surface area contributed by atoms with Gasteiger partial charge in [-0.25, -0.2) is 0 Å². The van der Waals surface area contributed by atoms with Crippen LogP contribution >= 0.6 is 0 Å². The van der Waals surface area contributed by atoms with E-state index < -0.39 is 11.7 Å². The zero-order chi connectivity index (χ0) is 11.6. The highest BCUT2D eigenvalue weighted by Gasteiger charge is 2.32. The van der Waals surface area contributed by atoms with Crippen molar-refractivity contribution in [3.63, 3.8) is 0 Å². The number of nitrogens with one attached hydrogen (secondary N) is 1. The lowest BCUT2D eigenvalue weighted by Crippen LogP contribution is -2.10. The summed E-state index contributed by atoms with van der Waals surface area (Å²) < 4.78 is 37.1. The van der Waals surface area contributed by atoms with Crippen LogP contribution in [0.1, 0.15) is 18.1 Å². The molecule has 1 aromatic rings. The summed E-state index contributed by atoms with van der Waals surface area (Å²) in [7, 11) is 0. The molecular weight excluding hydrogens is 207 g/mol. The number of alkyl halides is 3. The first-order valence-electron chi connectivity index (χ1n) is 4.26. The summed E-state index contributed by atoms with van der Waals surface area (Å²) in [5.41, 5.74) is -0.224. The molecule has 1 aromatic carbocycles. The minimum atomic E-state index is -4.35. The Morgan fingerprint density at radius 1 is 1.33 bits per heavy atom. The Labute approximate surface area is 85.1 Å². The molecule has 0 aliphatic carbocycles. The quantitative estimate of drug-likeness (QED) is 0.769. The lowest BCUT2D eigenvalue weighted by molar-refractivity contribution is -0.138. The largest absolute Gasteiger partial charge is 0.416 e. The normalized spacial score (nSPS) is 11.3. The van der Waals surface area contributed by atoms with E-state index in [4.69, 9.17) is 0 Å². The lowest BCUT2D eigenvalue weighted by atomic mass is 10.1. The minimum Gasteiger partial charge on any atom is -0.326 e. The molecule has 0 saturated carbocycles. The molecule has 0 radical (unpaired) electrons. The summed E-state index contributed by atoms with van der Waals surface area (Å²) in [6, 6.07) is 3.49. The number of hydrogen-bond acceptors (Lipinski definition) is 1. The average molecular weight is 217 g/mol.